The Bertz CT molecular complexity index is 3020. The number of nitrogens with zero attached hydrogens (tertiary/aromatic N) is 1. The number of rotatable bonds is 7. The highest BCUT2D eigenvalue weighted by Crippen LogP contribution is 2.56. The number of hydrogen-bond donors (Lipinski definition) is 0. The molecule has 0 radical (unpaired) electrons. The monoisotopic (exact) mass is 743 g/mol. The van der Waals surface area contributed by atoms with Crippen molar-refractivity contribution < 1.29 is 0 Å². The lowest BCUT2D eigenvalue weighted by atomic mass is 9.67. The van der Waals surface area contributed by atoms with Crippen molar-refractivity contribution in [2.24, 2.45) is 0 Å². The van der Waals surface area contributed by atoms with Gasteiger partial charge in [-0.3, -0.25) is 0 Å². The van der Waals surface area contributed by atoms with Crippen LogP contribution in [0.15, 0.2) is 224 Å². The van der Waals surface area contributed by atoms with E-state index in [1.165, 1.54) is 75.8 Å². The second-order valence-corrected chi connectivity index (χ2v) is 15.9. The average Bonchev–Trinajstić information content (AvgIpc) is 3.82. The Morgan fingerprint density at radius 1 is 0.333 bits per heavy atom. The van der Waals surface area contributed by atoms with Crippen LogP contribution in [0.4, 0.5) is 17.1 Å². The third-order valence-electron chi connectivity index (χ3n) is 11.7. The van der Waals surface area contributed by atoms with Crippen molar-refractivity contribution in [1.29, 1.82) is 0 Å². The van der Waals surface area contributed by atoms with Crippen LogP contribution in [-0.4, -0.2) is 0 Å². The first-order valence-electron chi connectivity index (χ1n) is 19.6. The first kappa shape index (κ1) is 33.3. The van der Waals surface area contributed by atoms with Gasteiger partial charge in [-0.1, -0.05) is 170 Å². The molecule has 0 aliphatic heterocycles. The van der Waals surface area contributed by atoms with Gasteiger partial charge >= 0.3 is 0 Å². The molecule has 0 bridgehead atoms. The molecule has 268 valence electrons. The molecular weight excluding hydrogens is 707 g/mol. The van der Waals surface area contributed by atoms with E-state index in [1.807, 2.05) is 11.3 Å². The molecule has 9 aromatic carbocycles. The number of para-hydroxylation sites is 1. The Morgan fingerprint density at radius 2 is 0.877 bits per heavy atom. The van der Waals surface area contributed by atoms with E-state index in [9.17, 15) is 0 Å². The van der Waals surface area contributed by atoms with E-state index in [0.29, 0.717) is 0 Å². The summed E-state index contributed by atoms with van der Waals surface area (Å²) in [5, 5.41) is 2.65. The second kappa shape index (κ2) is 13.6. The number of hydrogen-bond acceptors (Lipinski definition) is 2. The highest BCUT2D eigenvalue weighted by molar-refractivity contribution is 7.25. The first-order chi connectivity index (χ1) is 28.3. The maximum Gasteiger partial charge on any atom is 0.0713 e. The van der Waals surface area contributed by atoms with Crippen molar-refractivity contribution >= 4 is 48.6 Å². The smallest absolute Gasteiger partial charge is 0.0713 e. The van der Waals surface area contributed by atoms with Gasteiger partial charge in [-0.25, -0.2) is 0 Å². The van der Waals surface area contributed by atoms with Gasteiger partial charge in [-0.15, -0.1) is 11.3 Å². The minimum absolute atomic E-state index is 0.410. The van der Waals surface area contributed by atoms with E-state index >= 15 is 0 Å². The molecule has 0 unspecified atom stereocenters. The summed E-state index contributed by atoms with van der Waals surface area (Å²) in [6, 6.07) is 82.3. The number of benzene rings is 9. The lowest BCUT2D eigenvalue weighted by molar-refractivity contribution is 0.768. The molecule has 0 fully saturated rings. The van der Waals surface area contributed by atoms with Crippen molar-refractivity contribution in [3.63, 3.8) is 0 Å². The molecule has 1 nitrogen and oxygen atoms in total. The molecular formula is C55H37NS. The van der Waals surface area contributed by atoms with Gasteiger partial charge in [-0.2, -0.15) is 0 Å². The molecule has 10 aromatic rings. The van der Waals surface area contributed by atoms with Gasteiger partial charge in [0.15, 0.2) is 0 Å². The molecule has 1 aromatic heterocycles. The lowest BCUT2D eigenvalue weighted by Crippen LogP contribution is -2.28. The lowest BCUT2D eigenvalue weighted by Gasteiger charge is -2.33. The summed E-state index contributed by atoms with van der Waals surface area (Å²) in [5.74, 6) is 0. The predicted octanol–water partition coefficient (Wildman–Crippen LogP) is 15.2. The molecule has 0 saturated heterocycles. The standard InChI is InChI=1S/C55H37NS/c1-4-17-41(18-5-1)55(42-19-6-2-7-20-42)50-27-12-10-24-47(50)49-37-40(32-35-51(49)55)39-16-14-23-45(36-39)56(43-21-8-3-9-22-43)44-33-30-38(31-34-44)46-26-15-29-53-54(46)48-25-11-13-28-52(48)57-53/h1-37H. The van der Waals surface area contributed by atoms with Gasteiger partial charge in [0.25, 0.3) is 0 Å². The van der Waals surface area contributed by atoms with Crippen LogP contribution in [0, 0.1) is 0 Å². The third-order valence-corrected chi connectivity index (χ3v) is 12.9. The maximum absolute atomic E-state index is 2.41. The molecule has 0 N–H and O–H groups in total. The number of anilines is 3. The Labute approximate surface area is 337 Å². The summed E-state index contributed by atoms with van der Waals surface area (Å²) in [4.78, 5) is 2.37. The normalized spacial score (nSPS) is 12.7. The fourth-order valence-electron chi connectivity index (χ4n) is 9.28. The van der Waals surface area contributed by atoms with Crippen LogP contribution < -0.4 is 4.90 Å². The Hall–Kier alpha value is -7.00. The predicted molar refractivity (Wildman–Crippen MR) is 242 cm³/mol. The average molecular weight is 744 g/mol. The molecule has 0 spiro atoms. The SMILES string of the molecule is c1ccc(N(c2ccc(-c3cccc4sc5ccccc5c34)cc2)c2cccc(-c3ccc4c(c3)-c3ccccc3C4(c3ccccc3)c3ccccc3)c2)cc1. The topological polar surface area (TPSA) is 3.24 Å². The van der Waals surface area contributed by atoms with E-state index in [1.54, 1.807) is 0 Å². The van der Waals surface area contributed by atoms with Gasteiger partial charge in [0.1, 0.15) is 0 Å². The van der Waals surface area contributed by atoms with E-state index in [2.05, 4.69) is 229 Å². The minimum atomic E-state index is -0.410. The summed E-state index contributed by atoms with van der Waals surface area (Å²) in [5.41, 5.74) is 15.6. The fourth-order valence-corrected chi connectivity index (χ4v) is 10.4. The summed E-state index contributed by atoms with van der Waals surface area (Å²) < 4.78 is 2.65. The molecule has 1 aliphatic carbocycles. The van der Waals surface area contributed by atoms with E-state index in [0.717, 1.165) is 17.1 Å². The van der Waals surface area contributed by atoms with Crippen LogP contribution in [0.1, 0.15) is 22.3 Å². The van der Waals surface area contributed by atoms with Gasteiger partial charge in [0.2, 0.25) is 0 Å². The molecule has 0 atom stereocenters. The molecule has 1 aliphatic rings. The van der Waals surface area contributed by atoms with Gasteiger partial charge < -0.3 is 4.90 Å². The van der Waals surface area contributed by atoms with E-state index < -0.39 is 5.41 Å². The quantitative estimate of drug-likeness (QED) is 0.157. The Kier molecular flexibility index (Phi) is 7.98. The van der Waals surface area contributed by atoms with Crippen LogP contribution in [0.3, 0.4) is 0 Å². The zero-order valence-corrected chi connectivity index (χ0v) is 32.0. The first-order valence-corrected chi connectivity index (χ1v) is 20.4. The highest BCUT2D eigenvalue weighted by atomic mass is 32.1. The summed E-state index contributed by atoms with van der Waals surface area (Å²) in [6.45, 7) is 0. The molecule has 0 saturated carbocycles. The van der Waals surface area contributed by atoms with E-state index in [-0.39, 0.29) is 0 Å². The molecule has 11 rings (SSSR count). The van der Waals surface area contributed by atoms with Crippen LogP contribution in [0.25, 0.3) is 53.6 Å². The largest absolute Gasteiger partial charge is 0.310 e. The van der Waals surface area contributed by atoms with Gasteiger partial charge in [0, 0.05) is 37.2 Å². The third kappa shape index (κ3) is 5.37. The van der Waals surface area contributed by atoms with Crippen LogP contribution in [0.2, 0.25) is 0 Å². The zero-order valence-electron chi connectivity index (χ0n) is 31.2. The summed E-state index contributed by atoms with van der Waals surface area (Å²) in [6.07, 6.45) is 0. The molecule has 0 amide bonds. The molecule has 1 heterocycles. The number of fused-ring (bicyclic) bond motifs is 6. The molecule has 2 heteroatoms. The van der Waals surface area contributed by atoms with Crippen molar-refractivity contribution in [1.82, 2.24) is 0 Å². The van der Waals surface area contributed by atoms with Crippen molar-refractivity contribution in [3.05, 3.63) is 247 Å². The van der Waals surface area contributed by atoms with Crippen molar-refractivity contribution in [3.8, 4) is 33.4 Å². The van der Waals surface area contributed by atoms with Crippen molar-refractivity contribution in [2.45, 2.75) is 5.41 Å². The Balaban J connectivity index is 1.02. The Morgan fingerprint density at radius 3 is 1.65 bits per heavy atom. The van der Waals surface area contributed by atoms with Crippen LogP contribution in [0.5, 0.6) is 0 Å². The van der Waals surface area contributed by atoms with Gasteiger partial charge in [0.05, 0.1) is 5.41 Å². The van der Waals surface area contributed by atoms with Crippen LogP contribution >= 0.6 is 11.3 Å². The fraction of sp³-hybridized carbons (Fsp3) is 0.0182. The number of thiophene rings is 1. The summed E-state index contributed by atoms with van der Waals surface area (Å²) >= 11 is 1.87. The van der Waals surface area contributed by atoms with Crippen LogP contribution in [-0.2, 0) is 5.41 Å². The van der Waals surface area contributed by atoms with Crippen molar-refractivity contribution in [2.75, 3.05) is 4.90 Å². The minimum Gasteiger partial charge on any atom is -0.310 e. The maximum atomic E-state index is 2.41. The molecule has 57 heavy (non-hydrogen) atoms. The zero-order chi connectivity index (χ0) is 37.8. The van der Waals surface area contributed by atoms with E-state index in [4.69, 9.17) is 0 Å². The highest BCUT2D eigenvalue weighted by Gasteiger charge is 2.45. The van der Waals surface area contributed by atoms with Gasteiger partial charge in [-0.05, 0) is 110 Å². The second-order valence-electron chi connectivity index (χ2n) is 14.8. The summed E-state index contributed by atoms with van der Waals surface area (Å²) in [7, 11) is 0.